The number of pyridine rings is 1. The molecule has 6 heteroatoms. The van der Waals surface area contributed by atoms with Gasteiger partial charge < -0.3 is 10.6 Å². The van der Waals surface area contributed by atoms with E-state index in [0.29, 0.717) is 36.0 Å². The van der Waals surface area contributed by atoms with Gasteiger partial charge in [-0.2, -0.15) is 5.26 Å². The molecule has 0 aromatic carbocycles. The Morgan fingerprint density at radius 3 is 2.95 bits per heavy atom. The first-order valence-electron chi connectivity index (χ1n) is 6.83. The summed E-state index contributed by atoms with van der Waals surface area (Å²) in [6.45, 7) is 5.13. The molecule has 2 aromatic heterocycles. The summed E-state index contributed by atoms with van der Waals surface area (Å²) in [6.07, 6.45) is 2.01. The summed E-state index contributed by atoms with van der Waals surface area (Å²) in [5.74, 6) is 0.223. The number of nitrogens with two attached hydrogens (primary N) is 1. The van der Waals surface area contributed by atoms with Crippen LogP contribution in [0.1, 0.15) is 29.9 Å². The SMILES string of the molecule is CC(C)CN(CCC#N)C(=O)c1sc2ncccc2c1N. The Labute approximate surface area is 128 Å². The number of thiophene rings is 1. The smallest absolute Gasteiger partial charge is 0.266 e. The van der Waals surface area contributed by atoms with E-state index in [1.165, 1.54) is 11.3 Å². The van der Waals surface area contributed by atoms with E-state index in [4.69, 9.17) is 11.0 Å². The zero-order chi connectivity index (χ0) is 15.4. The lowest BCUT2D eigenvalue weighted by atomic mass is 10.2. The van der Waals surface area contributed by atoms with Gasteiger partial charge in [-0.3, -0.25) is 4.79 Å². The van der Waals surface area contributed by atoms with Gasteiger partial charge in [0.05, 0.1) is 18.2 Å². The van der Waals surface area contributed by atoms with Crippen LogP contribution in [0.5, 0.6) is 0 Å². The number of nitriles is 1. The number of fused-ring (bicyclic) bond motifs is 1. The molecule has 2 heterocycles. The lowest BCUT2D eigenvalue weighted by molar-refractivity contribution is 0.0746. The van der Waals surface area contributed by atoms with E-state index in [1.807, 2.05) is 19.9 Å². The molecule has 2 aromatic rings. The number of amides is 1. The van der Waals surface area contributed by atoms with Crippen molar-refractivity contribution < 1.29 is 4.79 Å². The predicted octanol–water partition coefficient (Wildman–Crippen LogP) is 2.89. The molecule has 21 heavy (non-hydrogen) atoms. The second-order valence-corrected chi connectivity index (χ2v) is 6.25. The normalized spacial score (nSPS) is 10.8. The highest BCUT2D eigenvalue weighted by atomic mass is 32.1. The molecule has 1 amide bonds. The summed E-state index contributed by atoms with van der Waals surface area (Å²) in [7, 11) is 0. The lowest BCUT2D eigenvalue weighted by Crippen LogP contribution is -2.34. The molecule has 0 saturated heterocycles. The van der Waals surface area contributed by atoms with Gasteiger partial charge in [-0.1, -0.05) is 13.8 Å². The van der Waals surface area contributed by atoms with Crippen molar-refractivity contribution in [1.29, 1.82) is 5.26 Å². The third kappa shape index (κ3) is 3.31. The number of carbonyl (C=O) groups excluding carboxylic acids is 1. The Hall–Kier alpha value is -2.13. The van der Waals surface area contributed by atoms with Crippen LogP contribution in [0.15, 0.2) is 18.3 Å². The fourth-order valence-electron chi connectivity index (χ4n) is 2.16. The van der Waals surface area contributed by atoms with Gasteiger partial charge >= 0.3 is 0 Å². The molecule has 0 unspecified atom stereocenters. The quantitative estimate of drug-likeness (QED) is 0.920. The zero-order valence-corrected chi connectivity index (χ0v) is 13.0. The van der Waals surface area contributed by atoms with Gasteiger partial charge in [-0.15, -0.1) is 11.3 Å². The number of nitrogens with zero attached hydrogens (tertiary/aromatic N) is 3. The van der Waals surface area contributed by atoms with Gasteiger partial charge in [-0.05, 0) is 18.1 Å². The second kappa shape index (κ2) is 6.55. The van der Waals surface area contributed by atoms with Crippen molar-refractivity contribution in [3.63, 3.8) is 0 Å². The molecule has 2 N–H and O–H groups in total. The monoisotopic (exact) mass is 302 g/mol. The van der Waals surface area contributed by atoms with Crippen LogP contribution in [0.3, 0.4) is 0 Å². The van der Waals surface area contributed by atoms with Crippen LogP contribution in [-0.4, -0.2) is 28.9 Å². The fraction of sp³-hybridized carbons (Fsp3) is 0.400. The topological polar surface area (TPSA) is 83.0 Å². The van der Waals surface area contributed by atoms with E-state index >= 15 is 0 Å². The Balaban J connectivity index is 2.33. The number of carbonyl (C=O) groups is 1. The Kier molecular flexibility index (Phi) is 4.76. The Morgan fingerprint density at radius 1 is 1.57 bits per heavy atom. The number of rotatable bonds is 5. The van der Waals surface area contributed by atoms with E-state index in [-0.39, 0.29) is 5.91 Å². The molecule has 0 bridgehead atoms. The van der Waals surface area contributed by atoms with Crippen molar-refractivity contribution in [2.24, 2.45) is 5.92 Å². The average molecular weight is 302 g/mol. The van der Waals surface area contributed by atoms with Crippen molar-refractivity contribution in [1.82, 2.24) is 9.88 Å². The van der Waals surface area contributed by atoms with Gasteiger partial charge in [0.25, 0.3) is 5.91 Å². The lowest BCUT2D eigenvalue weighted by Gasteiger charge is -2.23. The van der Waals surface area contributed by atoms with Crippen molar-refractivity contribution in [2.45, 2.75) is 20.3 Å². The summed E-state index contributed by atoms with van der Waals surface area (Å²) in [4.78, 5) is 19.9. The molecule has 2 rings (SSSR count). The molecular formula is C15H18N4OS. The van der Waals surface area contributed by atoms with Gasteiger partial charge in [0.15, 0.2) is 0 Å². The van der Waals surface area contributed by atoms with Crippen molar-refractivity contribution in [2.75, 3.05) is 18.8 Å². The molecular weight excluding hydrogens is 284 g/mol. The molecule has 0 radical (unpaired) electrons. The summed E-state index contributed by atoms with van der Waals surface area (Å²) in [5, 5.41) is 9.57. The number of aromatic nitrogens is 1. The van der Waals surface area contributed by atoms with Crippen LogP contribution in [0.4, 0.5) is 5.69 Å². The maximum atomic E-state index is 12.7. The van der Waals surface area contributed by atoms with Crippen molar-refractivity contribution in [3.05, 3.63) is 23.2 Å². The average Bonchev–Trinajstić information content (AvgIpc) is 2.80. The molecule has 0 saturated carbocycles. The first-order valence-corrected chi connectivity index (χ1v) is 7.65. The minimum Gasteiger partial charge on any atom is -0.397 e. The first kappa shape index (κ1) is 15.3. The van der Waals surface area contributed by atoms with Crippen LogP contribution in [-0.2, 0) is 0 Å². The minimum absolute atomic E-state index is 0.112. The highest BCUT2D eigenvalue weighted by Gasteiger charge is 2.22. The van der Waals surface area contributed by atoms with Crippen molar-refractivity contribution >= 4 is 33.1 Å². The number of nitrogen functional groups attached to an aromatic ring is 1. The van der Waals surface area contributed by atoms with E-state index < -0.39 is 0 Å². The Morgan fingerprint density at radius 2 is 2.33 bits per heavy atom. The maximum absolute atomic E-state index is 12.7. The van der Waals surface area contributed by atoms with E-state index in [2.05, 4.69) is 11.1 Å². The molecule has 0 atom stereocenters. The molecule has 0 spiro atoms. The first-order chi connectivity index (χ1) is 10.0. The van der Waals surface area contributed by atoms with Gasteiger partial charge in [-0.25, -0.2) is 4.98 Å². The highest BCUT2D eigenvalue weighted by molar-refractivity contribution is 7.21. The van der Waals surface area contributed by atoms with Crippen LogP contribution in [0, 0.1) is 17.2 Å². The number of hydrogen-bond donors (Lipinski definition) is 1. The predicted molar refractivity (Wildman–Crippen MR) is 85.0 cm³/mol. The van der Waals surface area contributed by atoms with E-state index in [9.17, 15) is 4.79 Å². The van der Waals surface area contributed by atoms with E-state index in [0.717, 1.165) is 10.2 Å². The molecule has 0 aliphatic heterocycles. The summed E-state index contributed by atoms with van der Waals surface area (Å²) in [5.41, 5.74) is 6.58. The largest absolute Gasteiger partial charge is 0.397 e. The molecule has 0 aliphatic carbocycles. The summed E-state index contributed by atoms with van der Waals surface area (Å²) >= 11 is 1.31. The van der Waals surface area contributed by atoms with Crippen LogP contribution >= 0.6 is 11.3 Å². The third-order valence-corrected chi connectivity index (χ3v) is 4.18. The third-order valence-electron chi connectivity index (χ3n) is 3.07. The zero-order valence-electron chi connectivity index (χ0n) is 12.2. The number of hydrogen-bond acceptors (Lipinski definition) is 5. The van der Waals surface area contributed by atoms with Gasteiger partial charge in [0.2, 0.25) is 0 Å². The number of anilines is 1. The molecule has 0 aliphatic rings. The van der Waals surface area contributed by atoms with Crippen LogP contribution < -0.4 is 5.73 Å². The standard InChI is InChI=1S/C15H18N4OS/c1-10(2)9-19(8-4-6-16)15(20)13-12(17)11-5-3-7-18-14(11)21-13/h3,5,7,10H,4,8-9,17H2,1-2H3. The van der Waals surface area contributed by atoms with Gasteiger partial charge in [0, 0.05) is 24.7 Å². The van der Waals surface area contributed by atoms with Gasteiger partial charge in [0.1, 0.15) is 9.71 Å². The maximum Gasteiger partial charge on any atom is 0.266 e. The van der Waals surface area contributed by atoms with Crippen LogP contribution in [0.25, 0.3) is 10.2 Å². The summed E-state index contributed by atoms with van der Waals surface area (Å²) in [6, 6.07) is 5.76. The molecule has 110 valence electrons. The minimum atomic E-state index is -0.112. The van der Waals surface area contributed by atoms with Crippen LogP contribution in [0.2, 0.25) is 0 Å². The highest BCUT2D eigenvalue weighted by Crippen LogP contribution is 2.32. The molecule has 0 fully saturated rings. The summed E-state index contributed by atoms with van der Waals surface area (Å²) < 4.78 is 0. The molecule has 5 nitrogen and oxygen atoms in total. The van der Waals surface area contributed by atoms with Crippen molar-refractivity contribution in [3.8, 4) is 6.07 Å². The Bertz CT molecular complexity index is 687. The van der Waals surface area contributed by atoms with E-state index in [1.54, 1.807) is 17.2 Å². The fourth-order valence-corrected chi connectivity index (χ4v) is 3.19. The second-order valence-electron chi connectivity index (χ2n) is 5.25.